The molecule has 1 heterocycles. The molecule has 0 spiro atoms. The second-order valence-corrected chi connectivity index (χ2v) is 8.53. The molecule has 0 aliphatic rings. The zero-order chi connectivity index (χ0) is 23.6. The van der Waals surface area contributed by atoms with Crippen LogP contribution in [0.15, 0.2) is 52.0 Å². The first kappa shape index (κ1) is 25.2. The van der Waals surface area contributed by atoms with Gasteiger partial charge in [-0.25, -0.2) is 8.42 Å². The maximum atomic E-state index is 13.0. The molecule has 2 rings (SSSR count). The van der Waals surface area contributed by atoms with Gasteiger partial charge in [-0.2, -0.15) is 4.31 Å². The van der Waals surface area contributed by atoms with Gasteiger partial charge in [-0.15, -0.1) is 0 Å². The van der Waals surface area contributed by atoms with Gasteiger partial charge < -0.3 is 19.8 Å². The molecular weight excluding hydrogens is 434 g/mol. The van der Waals surface area contributed by atoms with Crippen molar-refractivity contribution in [2.24, 2.45) is 0 Å². The molecule has 0 aliphatic carbocycles. The fourth-order valence-corrected chi connectivity index (χ4v) is 4.51. The first-order chi connectivity index (χ1) is 15.3. The number of nitrogens with zero attached hydrogens (tertiary/aromatic N) is 1. The highest BCUT2D eigenvalue weighted by atomic mass is 32.2. The Balaban J connectivity index is 2.01. The van der Waals surface area contributed by atoms with Crippen molar-refractivity contribution in [3.8, 4) is 5.75 Å². The molecule has 0 bridgehead atoms. The standard InChI is InChI=1S/C22H29N3O6S/c1-4-25(5-2)32(28,29)20-16-17(9-11-19(20)30-6-3)24-22(27)13-14-23-21(26)12-10-18-8-7-15-31-18/h7-12,15-16H,4-6,13-14H2,1-3H3,(H,23,26)(H,24,27)/b12-10+. The van der Waals surface area contributed by atoms with Crippen LogP contribution in [0.2, 0.25) is 0 Å². The lowest BCUT2D eigenvalue weighted by atomic mass is 10.3. The molecule has 0 radical (unpaired) electrons. The number of amides is 2. The average Bonchev–Trinajstić information content (AvgIpc) is 3.28. The van der Waals surface area contributed by atoms with Crippen LogP contribution in [0.1, 0.15) is 33.0 Å². The van der Waals surface area contributed by atoms with Crippen molar-refractivity contribution in [2.75, 3.05) is 31.6 Å². The number of benzene rings is 1. The number of ether oxygens (including phenoxy) is 1. The van der Waals surface area contributed by atoms with Gasteiger partial charge in [0, 0.05) is 37.8 Å². The quantitative estimate of drug-likeness (QED) is 0.467. The maximum absolute atomic E-state index is 13.0. The van der Waals surface area contributed by atoms with E-state index in [9.17, 15) is 18.0 Å². The number of furan rings is 1. The Morgan fingerprint density at radius 1 is 1.16 bits per heavy atom. The molecule has 2 aromatic rings. The summed E-state index contributed by atoms with van der Waals surface area (Å²) in [4.78, 5) is 24.1. The number of carbonyl (C=O) groups excluding carboxylic acids is 2. The third-order valence-electron chi connectivity index (χ3n) is 4.44. The van der Waals surface area contributed by atoms with Crippen molar-refractivity contribution in [1.82, 2.24) is 9.62 Å². The molecule has 0 fully saturated rings. The number of anilines is 1. The van der Waals surface area contributed by atoms with Crippen LogP contribution in [0.25, 0.3) is 6.08 Å². The Morgan fingerprint density at radius 3 is 2.53 bits per heavy atom. The molecule has 0 atom stereocenters. The molecule has 1 aromatic heterocycles. The Hall–Kier alpha value is -3.11. The van der Waals surface area contributed by atoms with Gasteiger partial charge in [0.05, 0.1) is 12.9 Å². The van der Waals surface area contributed by atoms with Gasteiger partial charge in [0.1, 0.15) is 16.4 Å². The lowest BCUT2D eigenvalue weighted by Gasteiger charge is -2.21. The van der Waals surface area contributed by atoms with Crippen LogP contribution in [-0.2, 0) is 19.6 Å². The second kappa shape index (κ2) is 12.1. The minimum atomic E-state index is -3.78. The monoisotopic (exact) mass is 463 g/mol. The molecule has 2 amide bonds. The summed E-state index contributed by atoms with van der Waals surface area (Å²) in [5.41, 5.74) is 0.327. The highest BCUT2D eigenvalue weighted by molar-refractivity contribution is 7.89. The molecule has 32 heavy (non-hydrogen) atoms. The molecule has 174 valence electrons. The number of hydrogen-bond acceptors (Lipinski definition) is 6. The molecular formula is C22H29N3O6S. The molecule has 1 aromatic carbocycles. The van der Waals surface area contributed by atoms with E-state index in [1.54, 1.807) is 39.0 Å². The van der Waals surface area contributed by atoms with Crippen molar-refractivity contribution in [2.45, 2.75) is 32.1 Å². The number of sulfonamides is 1. The summed E-state index contributed by atoms with van der Waals surface area (Å²) in [5.74, 6) is 0.0513. The summed E-state index contributed by atoms with van der Waals surface area (Å²) in [6, 6.07) is 7.91. The van der Waals surface area contributed by atoms with E-state index in [4.69, 9.17) is 9.15 Å². The first-order valence-corrected chi connectivity index (χ1v) is 11.8. The number of carbonyl (C=O) groups is 2. The second-order valence-electron chi connectivity index (χ2n) is 6.62. The van der Waals surface area contributed by atoms with Crippen LogP contribution >= 0.6 is 0 Å². The number of hydrogen-bond donors (Lipinski definition) is 2. The van der Waals surface area contributed by atoms with E-state index >= 15 is 0 Å². The lowest BCUT2D eigenvalue weighted by Crippen LogP contribution is -2.31. The van der Waals surface area contributed by atoms with E-state index in [0.29, 0.717) is 31.1 Å². The van der Waals surface area contributed by atoms with Crippen molar-refractivity contribution in [3.05, 3.63) is 48.4 Å². The Morgan fingerprint density at radius 2 is 1.91 bits per heavy atom. The van der Waals surface area contributed by atoms with Crippen LogP contribution in [0.3, 0.4) is 0 Å². The minimum Gasteiger partial charge on any atom is -0.492 e. The highest BCUT2D eigenvalue weighted by Gasteiger charge is 2.26. The van der Waals surface area contributed by atoms with E-state index in [-0.39, 0.29) is 35.4 Å². The van der Waals surface area contributed by atoms with Gasteiger partial charge in [-0.3, -0.25) is 9.59 Å². The summed E-state index contributed by atoms with van der Waals surface area (Å²) in [6.45, 7) is 6.33. The first-order valence-electron chi connectivity index (χ1n) is 10.4. The van der Waals surface area contributed by atoms with Crippen molar-refractivity contribution < 1.29 is 27.2 Å². The molecule has 0 unspecified atom stereocenters. The van der Waals surface area contributed by atoms with E-state index < -0.39 is 10.0 Å². The fourth-order valence-electron chi connectivity index (χ4n) is 2.89. The Bertz CT molecular complexity index is 1030. The van der Waals surface area contributed by atoms with Crippen molar-refractivity contribution in [3.63, 3.8) is 0 Å². The predicted octanol–water partition coefficient (Wildman–Crippen LogP) is 2.87. The Kier molecular flexibility index (Phi) is 9.48. The van der Waals surface area contributed by atoms with Gasteiger partial charge in [0.2, 0.25) is 21.8 Å². The number of nitrogens with one attached hydrogen (secondary N) is 2. The smallest absolute Gasteiger partial charge is 0.246 e. The molecule has 10 heteroatoms. The van der Waals surface area contributed by atoms with Gasteiger partial charge in [0.15, 0.2) is 0 Å². The summed E-state index contributed by atoms with van der Waals surface area (Å²) in [7, 11) is -3.78. The third-order valence-corrected chi connectivity index (χ3v) is 6.52. The van der Waals surface area contributed by atoms with Gasteiger partial charge in [-0.1, -0.05) is 13.8 Å². The topological polar surface area (TPSA) is 118 Å². The maximum Gasteiger partial charge on any atom is 0.246 e. The van der Waals surface area contributed by atoms with E-state index in [1.165, 1.54) is 34.9 Å². The molecule has 0 aliphatic heterocycles. The molecule has 9 nitrogen and oxygen atoms in total. The zero-order valence-corrected chi connectivity index (χ0v) is 19.3. The van der Waals surface area contributed by atoms with Crippen LogP contribution in [-0.4, -0.2) is 50.8 Å². The summed E-state index contributed by atoms with van der Waals surface area (Å²) >= 11 is 0. The molecule has 2 N–H and O–H groups in total. The van der Waals surface area contributed by atoms with Crippen LogP contribution in [0.5, 0.6) is 5.75 Å². The third kappa shape index (κ3) is 6.96. The van der Waals surface area contributed by atoms with Gasteiger partial charge in [-0.05, 0) is 43.3 Å². The van der Waals surface area contributed by atoms with Crippen molar-refractivity contribution in [1.29, 1.82) is 0 Å². The van der Waals surface area contributed by atoms with E-state index in [2.05, 4.69) is 10.6 Å². The van der Waals surface area contributed by atoms with E-state index in [0.717, 1.165) is 0 Å². The highest BCUT2D eigenvalue weighted by Crippen LogP contribution is 2.30. The number of rotatable bonds is 12. The molecule has 0 saturated carbocycles. The average molecular weight is 464 g/mol. The SMILES string of the molecule is CCOc1ccc(NC(=O)CCNC(=O)/C=C/c2ccco2)cc1S(=O)(=O)N(CC)CC. The molecule has 0 saturated heterocycles. The van der Waals surface area contributed by atoms with Gasteiger partial charge >= 0.3 is 0 Å². The van der Waals surface area contributed by atoms with Crippen LogP contribution in [0, 0.1) is 0 Å². The fraction of sp³-hybridized carbons (Fsp3) is 0.364. The van der Waals surface area contributed by atoms with Crippen LogP contribution in [0.4, 0.5) is 5.69 Å². The van der Waals surface area contributed by atoms with Gasteiger partial charge in [0.25, 0.3) is 0 Å². The normalized spacial score (nSPS) is 11.6. The lowest BCUT2D eigenvalue weighted by molar-refractivity contribution is -0.117. The summed E-state index contributed by atoms with van der Waals surface area (Å²) < 4.78 is 37.9. The Labute approximate surface area is 188 Å². The predicted molar refractivity (Wildman–Crippen MR) is 122 cm³/mol. The minimum absolute atomic E-state index is 0.00258. The van der Waals surface area contributed by atoms with E-state index in [1.807, 2.05) is 0 Å². The summed E-state index contributed by atoms with van der Waals surface area (Å²) in [6.07, 6.45) is 4.36. The summed E-state index contributed by atoms with van der Waals surface area (Å²) in [5, 5.41) is 5.27. The largest absolute Gasteiger partial charge is 0.492 e. The zero-order valence-electron chi connectivity index (χ0n) is 18.5. The van der Waals surface area contributed by atoms with Crippen molar-refractivity contribution >= 4 is 33.6 Å². The van der Waals surface area contributed by atoms with Crippen LogP contribution < -0.4 is 15.4 Å².